The van der Waals surface area contributed by atoms with Crippen LogP contribution < -0.4 is 5.32 Å². The number of fused-ring (bicyclic) bond motifs is 1. The Bertz CT molecular complexity index is 345. The maximum absolute atomic E-state index is 10.00. The van der Waals surface area contributed by atoms with E-state index in [0.29, 0.717) is 12.0 Å². The molecule has 0 amide bonds. The summed E-state index contributed by atoms with van der Waals surface area (Å²) < 4.78 is 0. The Kier molecular flexibility index (Phi) is 2.70. The first-order valence-electron chi connectivity index (χ1n) is 5.67. The van der Waals surface area contributed by atoms with Crippen molar-refractivity contribution in [2.45, 2.75) is 45.3 Å². The van der Waals surface area contributed by atoms with E-state index in [1.165, 1.54) is 5.56 Å². The zero-order valence-corrected chi connectivity index (χ0v) is 9.62. The lowest BCUT2D eigenvalue weighted by Gasteiger charge is -2.31. The third-order valence-corrected chi connectivity index (χ3v) is 3.08. The predicted molar refractivity (Wildman–Crippen MR) is 63.2 cm³/mol. The number of hydrogen-bond acceptors (Lipinski definition) is 2. The van der Waals surface area contributed by atoms with Gasteiger partial charge in [-0.3, -0.25) is 0 Å². The number of para-hydroxylation sites is 1. The van der Waals surface area contributed by atoms with Crippen molar-refractivity contribution in [3.8, 4) is 0 Å². The smallest absolute Gasteiger partial charge is 0.0829 e. The summed E-state index contributed by atoms with van der Waals surface area (Å²) in [6.45, 7) is 6.48. The molecule has 15 heavy (non-hydrogen) atoms. The third-order valence-electron chi connectivity index (χ3n) is 3.08. The average Bonchev–Trinajstić information content (AvgIpc) is 2.16. The van der Waals surface area contributed by atoms with Crippen LogP contribution in [0.4, 0.5) is 5.69 Å². The topological polar surface area (TPSA) is 32.3 Å². The Morgan fingerprint density at radius 2 is 2.13 bits per heavy atom. The van der Waals surface area contributed by atoms with Gasteiger partial charge in [0.1, 0.15) is 0 Å². The summed E-state index contributed by atoms with van der Waals surface area (Å²) in [6.07, 6.45) is 0.490. The maximum Gasteiger partial charge on any atom is 0.0829 e. The Hall–Kier alpha value is -1.02. The zero-order valence-electron chi connectivity index (χ0n) is 9.62. The molecular weight excluding hydrogens is 186 g/mol. The summed E-state index contributed by atoms with van der Waals surface area (Å²) in [5, 5.41) is 13.5. The number of nitrogens with one attached hydrogen (secondary N) is 1. The molecule has 0 fully saturated rings. The lowest BCUT2D eigenvalue weighted by molar-refractivity contribution is 0.158. The average molecular weight is 205 g/mol. The van der Waals surface area contributed by atoms with Crippen LogP contribution in [0.1, 0.15) is 50.3 Å². The minimum absolute atomic E-state index is 0.310. The monoisotopic (exact) mass is 205 g/mol. The van der Waals surface area contributed by atoms with Crippen molar-refractivity contribution in [1.29, 1.82) is 0 Å². The minimum Gasteiger partial charge on any atom is -0.388 e. The Morgan fingerprint density at radius 1 is 1.40 bits per heavy atom. The summed E-state index contributed by atoms with van der Waals surface area (Å²) in [4.78, 5) is 0. The predicted octanol–water partition coefficient (Wildman–Crippen LogP) is 3.05. The van der Waals surface area contributed by atoms with Gasteiger partial charge in [-0.05, 0) is 24.8 Å². The number of aliphatic hydroxyl groups excluding tert-OH is 1. The molecule has 82 valence electrons. The van der Waals surface area contributed by atoms with Gasteiger partial charge in [0.15, 0.2) is 0 Å². The fourth-order valence-corrected chi connectivity index (χ4v) is 2.28. The maximum atomic E-state index is 10.00. The van der Waals surface area contributed by atoms with E-state index in [-0.39, 0.29) is 6.10 Å². The van der Waals surface area contributed by atoms with Crippen LogP contribution in [0.15, 0.2) is 18.2 Å². The summed E-state index contributed by atoms with van der Waals surface area (Å²) in [5.74, 6) is 0.491. The first kappa shape index (κ1) is 10.5. The quantitative estimate of drug-likeness (QED) is 0.738. The number of anilines is 1. The van der Waals surface area contributed by atoms with Crippen LogP contribution >= 0.6 is 0 Å². The molecule has 0 aliphatic carbocycles. The number of benzene rings is 1. The van der Waals surface area contributed by atoms with Crippen molar-refractivity contribution in [3.63, 3.8) is 0 Å². The molecule has 2 N–H and O–H groups in total. The van der Waals surface area contributed by atoms with Crippen LogP contribution in [0.5, 0.6) is 0 Å². The van der Waals surface area contributed by atoms with Crippen molar-refractivity contribution in [3.05, 3.63) is 29.3 Å². The van der Waals surface area contributed by atoms with Crippen LogP contribution in [-0.2, 0) is 0 Å². The van der Waals surface area contributed by atoms with Crippen LogP contribution in [-0.4, -0.2) is 11.1 Å². The molecule has 0 saturated carbocycles. The Morgan fingerprint density at radius 3 is 2.80 bits per heavy atom. The highest BCUT2D eigenvalue weighted by Crippen LogP contribution is 2.37. The number of rotatable bonds is 1. The van der Waals surface area contributed by atoms with E-state index in [1.54, 1.807) is 0 Å². The highest BCUT2D eigenvalue weighted by Gasteiger charge is 2.24. The molecular formula is C13H19NO. The molecule has 1 aliphatic rings. The second-order valence-corrected chi connectivity index (χ2v) is 4.76. The molecule has 0 bridgehead atoms. The van der Waals surface area contributed by atoms with Crippen LogP contribution in [0.25, 0.3) is 0 Å². The standard InChI is InChI=1S/C13H19NO/c1-8(2)10-5-4-6-11-12(15)7-9(3)14-13(10)11/h4-6,8-9,12,14-15H,7H2,1-3H3. The van der Waals surface area contributed by atoms with Gasteiger partial charge in [-0.1, -0.05) is 32.0 Å². The number of hydrogen-bond donors (Lipinski definition) is 2. The van der Waals surface area contributed by atoms with E-state index in [9.17, 15) is 5.11 Å². The van der Waals surface area contributed by atoms with E-state index in [1.807, 2.05) is 12.1 Å². The van der Waals surface area contributed by atoms with Gasteiger partial charge in [-0.2, -0.15) is 0 Å². The lowest BCUT2D eigenvalue weighted by atomic mass is 9.90. The molecule has 0 aromatic heterocycles. The molecule has 2 nitrogen and oxygen atoms in total. The number of aliphatic hydroxyl groups is 1. The highest BCUT2D eigenvalue weighted by atomic mass is 16.3. The Labute approximate surface area is 91.3 Å². The normalized spacial score (nSPS) is 24.9. The van der Waals surface area contributed by atoms with Crippen molar-refractivity contribution in [1.82, 2.24) is 0 Å². The highest BCUT2D eigenvalue weighted by molar-refractivity contribution is 5.61. The molecule has 2 unspecified atom stereocenters. The van der Waals surface area contributed by atoms with Gasteiger partial charge in [0.25, 0.3) is 0 Å². The fourth-order valence-electron chi connectivity index (χ4n) is 2.28. The van der Waals surface area contributed by atoms with Crippen LogP contribution in [0, 0.1) is 0 Å². The summed E-state index contributed by atoms with van der Waals surface area (Å²) in [5.41, 5.74) is 3.51. The van der Waals surface area contributed by atoms with E-state index in [0.717, 1.165) is 17.7 Å². The van der Waals surface area contributed by atoms with Crippen LogP contribution in [0.3, 0.4) is 0 Å². The first-order valence-corrected chi connectivity index (χ1v) is 5.67. The van der Waals surface area contributed by atoms with Crippen LogP contribution in [0.2, 0.25) is 0 Å². The van der Waals surface area contributed by atoms with E-state index in [4.69, 9.17) is 0 Å². The second kappa shape index (κ2) is 3.86. The molecule has 2 rings (SSSR count). The van der Waals surface area contributed by atoms with Gasteiger partial charge in [0.2, 0.25) is 0 Å². The molecule has 2 heteroatoms. The lowest BCUT2D eigenvalue weighted by Crippen LogP contribution is -2.26. The molecule has 1 aromatic carbocycles. The van der Waals surface area contributed by atoms with Gasteiger partial charge in [0.05, 0.1) is 6.10 Å². The molecule has 0 saturated heterocycles. The Balaban J connectivity index is 2.49. The van der Waals surface area contributed by atoms with Gasteiger partial charge in [0, 0.05) is 17.3 Å². The molecule has 1 aliphatic heterocycles. The summed E-state index contributed by atoms with van der Waals surface area (Å²) in [6, 6.07) is 6.55. The van der Waals surface area contributed by atoms with Crippen molar-refractivity contribution < 1.29 is 5.11 Å². The van der Waals surface area contributed by atoms with E-state index < -0.39 is 0 Å². The molecule has 0 radical (unpaired) electrons. The third kappa shape index (κ3) is 1.86. The minimum atomic E-state index is -0.310. The largest absolute Gasteiger partial charge is 0.388 e. The zero-order chi connectivity index (χ0) is 11.0. The molecule has 1 aromatic rings. The molecule has 2 atom stereocenters. The molecule has 1 heterocycles. The van der Waals surface area contributed by atoms with Gasteiger partial charge in [-0.15, -0.1) is 0 Å². The second-order valence-electron chi connectivity index (χ2n) is 4.76. The SMILES string of the molecule is CC1CC(O)c2cccc(C(C)C)c2N1. The van der Waals surface area contributed by atoms with Crippen molar-refractivity contribution in [2.24, 2.45) is 0 Å². The summed E-state index contributed by atoms with van der Waals surface area (Å²) >= 11 is 0. The van der Waals surface area contributed by atoms with Gasteiger partial charge >= 0.3 is 0 Å². The van der Waals surface area contributed by atoms with E-state index >= 15 is 0 Å². The van der Waals surface area contributed by atoms with Gasteiger partial charge < -0.3 is 10.4 Å². The molecule has 0 spiro atoms. The van der Waals surface area contributed by atoms with Gasteiger partial charge in [-0.25, -0.2) is 0 Å². The fraction of sp³-hybridized carbons (Fsp3) is 0.538. The van der Waals surface area contributed by atoms with Crippen molar-refractivity contribution >= 4 is 5.69 Å². The van der Waals surface area contributed by atoms with Crippen molar-refractivity contribution in [2.75, 3.05) is 5.32 Å². The first-order chi connectivity index (χ1) is 7.09. The van der Waals surface area contributed by atoms with E-state index in [2.05, 4.69) is 32.2 Å². The summed E-state index contributed by atoms with van der Waals surface area (Å²) in [7, 11) is 0.